The number of Topliss-reactive ketones (excluding diaryl/α,β-unsaturated/α-hetero) is 1. The molecule has 8 heteroatoms. The first-order valence-corrected chi connectivity index (χ1v) is 9.21. The first kappa shape index (κ1) is 18.5. The van der Waals surface area contributed by atoms with E-state index >= 15 is 0 Å². The van der Waals surface area contributed by atoms with Crippen LogP contribution in [0, 0.1) is 5.82 Å². The van der Waals surface area contributed by atoms with Crippen molar-refractivity contribution in [1.82, 2.24) is 15.2 Å². The minimum absolute atomic E-state index is 0.0692. The standard InChI is InChI=1S/C18H18FN3O3S/c1-26-12-3-2-11(15(19)7-12)6-13-14-8-21-22-16(14)9-20-18(13)17(24)10-25-5-4-23/h2-3,7-9,23H,4-6,10H2,1H3,(H,21,22). The van der Waals surface area contributed by atoms with Gasteiger partial charge < -0.3 is 9.84 Å². The molecule has 0 fully saturated rings. The summed E-state index contributed by atoms with van der Waals surface area (Å²) in [6.45, 7) is -0.293. The molecule has 0 unspecified atom stereocenters. The van der Waals surface area contributed by atoms with E-state index in [-0.39, 0.29) is 43.5 Å². The number of ketones is 1. The zero-order valence-corrected chi connectivity index (χ0v) is 15.0. The molecule has 0 aliphatic rings. The van der Waals surface area contributed by atoms with Gasteiger partial charge in [0.1, 0.15) is 18.1 Å². The Hall–Kier alpha value is -2.29. The number of benzene rings is 1. The third-order valence-electron chi connectivity index (χ3n) is 3.96. The molecule has 2 heterocycles. The van der Waals surface area contributed by atoms with Gasteiger partial charge in [-0.25, -0.2) is 4.39 Å². The van der Waals surface area contributed by atoms with Crippen LogP contribution in [0.3, 0.4) is 0 Å². The largest absolute Gasteiger partial charge is 0.394 e. The Morgan fingerprint density at radius 1 is 1.38 bits per heavy atom. The van der Waals surface area contributed by atoms with Crippen LogP contribution >= 0.6 is 11.8 Å². The number of H-pyrrole nitrogens is 1. The van der Waals surface area contributed by atoms with Gasteiger partial charge in [-0.2, -0.15) is 5.10 Å². The van der Waals surface area contributed by atoms with Gasteiger partial charge >= 0.3 is 0 Å². The number of aliphatic hydroxyl groups excluding tert-OH is 1. The summed E-state index contributed by atoms with van der Waals surface area (Å²) in [4.78, 5) is 17.5. The minimum atomic E-state index is -0.327. The Kier molecular flexibility index (Phi) is 5.97. The Bertz CT molecular complexity index is 929. The highest BCUT2D eigenvalue weighted by molar-refractivity contribution is 7.98. The van der Waals surface area contributed by atoms with E-state index in [0.29, 0.717) is 16.6 Å². The molecule has 0 aliphatic heterocycles. The number of aliphatic hydroxyl groups is 1. The summed E-state index contributed by atoms with van der Waals surface area (Å²) in [6, 6.07) is 5.04. The van der Waals surface area contributed by atoms with Gasteiger partial charge in [0, 0.05) is 16.7 Å². The van der Waals surface area contributed by atoms with E-state index in [4.69, 9.17) is 9.84 Å². The Morgan fingerprint density at radius 2 is 2.23 bits per heavy atom. The number of fused-ring (bicyclic) bond motifs is 1. The number of nitrogens with one attached hydrogen (secondary N) is 1. The second kappa shape index (κ2) is 8.39. The molecule has 0 spiro atoms. The number of carbonyl (C=O) groups excluding carboxylic acids is 1. The lowest BCUT2D eigenvalue weighted by Crippen LogP contribution is -2.15. The van der Waals surface area contributed by atoms with Crippen molar-refractivity contribution in [2.45, 2.75) is 11.3 Å². The molecule has 0 saturated heterocycles. The number of hydrogen-bond donors (Lipinski definition) is 2. The highest BCUT2D eigenvalue weighted by atomic mass is 32.2. The number of aromatic nitrogens is 3. The molecule has 136 valence electrons. The SMILES string of the molecule is CSc1ccc(Cc2c(C(=O)COCCO)ncc3[nH]ncc23)c(F)c1. The van der Waals surface area contributed by atoms with E-state index in [1.165, 1.54) is 24.0 Å². The van der Waals surface area contributed by atoms with Gasteiger partial charge in [0.2, 0.25) is 5.78 Å². The number of aromatic amines is 1. The summed E-state index contributed by atoms with van der Waals surface area (Å²) >= 11 is 1.46. The summed E-state index contributed by atoms with van der Waals surface area (Å²) in [5.41, 5.74) is 1.98. The summed E-state index contributed by atoms with van der Waals surface area (Å²) < 4.78 is 19.5. The molecule has 26 heavy (non-hydrogen) atoms. The van der Waals surface area contributed by atoms with E-state index in [9.17, 15) is 9.18 Å². The van der Waals surface area contributed by atoms with Crippen molar-refractivity contribution < 1.29 is 19.0 Å². The van der Waals surface area contributed by atoms with Gasteiger partial charge in [0.05, 0.1) is 31.1 Å². The monoisotopic (exact) mass is 375 g/mol. The molecule has 0 aliphatic carbocycles. The highest BCUT2D eigenvalue weighted by Gasteiger charge is 2.19. The zero-order chi connectivity index (χ0) is 18.5. The molecule has 0 radical (unpaired) electrons. The summed E-state index contributed by atoms with van der Waals surface area (Å²) in [6.07, 6.45) is 5.23. The number of halogens is 1. The molecule has 1 aromatic carbocycles. The maximum Gasteiger partial charge on any atom is 0.207 e. The third kappa shape index (κ3) is 3.92. The fraction of sp³-hybridized carbons (Fsp3) is 0.278. The summed E-state index contributed by atoms with van der Waals surface area (Å²) in [5.74, 6) is -0.648. The maximum atomic E-state index is 14.4. The Labute approximate surface area is 153 Å². The number of thioether (sulfide) groups is 1. The molecule has 0 saturated carbocycles. The van der Waals surface area contributed by atoms with Gasteiger partial charge in [-0.1, -0.05) is 6.07 Å². The van der Waals surface area contributed by atoms with E-state index in [2.05, 4.69) is 15.2 Å². The van der Waals surface area contributed by atoms with Crippen LogP contribution in [0.2, 0.25) is 0 Å². The molecule has 3 aromatic rings. The number of rotatable bonds is 8. The van der Waals surface area contributed by atoms with Gasteiger partial charge in [0.25, 0.3) is 0 Å². The van der Waals surface area contributed by atoms with Crippen LogP contribution in [0.15, 0.2) is 35.5 Å². The van der Waals surface area contributed by atoms with Crippen LogP contribution in [-0.4, -0.2) is 52.1 Å². The highest BCUT2D eigenvalue weighted by Crippen LogP contribution is 2.25. The number of nitrogens with zero attached hydrogens (tertiary/aromatic N) is 2. The zero-order valence-electron chi connectivity index (χ0n) is 14.2. The number of ether oxygens (including phenoxy) is 1. The van der Waals surface area contributed by atoms with Crippen LogP contribution in [0.5, 0.6) is 0 Å². The summed E-state index contributed by atoms with van der Waals surface area (Å²) in [7, 11) is 0. The minimum Gasteiger partial charge on any atom is -0.394 e. The van der Waals surface area contributed by atoms with E-state index in [1.807, 2.05) is 12.3 Å². The van der Waals surface area contributed by atoms with E-state index in [1.54, 1.807) is 12.3 Å². The summed E-state index contributed by atoms with van der Waals surface area (Å²) in [5, 5.41) is 16.3. The lowest BCUT2D eigenvalue weighted by molar-refractivity contribution is 0.0659. The van der Waals surface area contributed by atoms with E-state index < -0.39 is 0 Å². The molecular weight excluding hydrogens is 357 g/mol. The number of hydrogen-bond acceptors (Lipinski definition) is 6. The normalized spacial score (nSPS) is 11.2. The first-order chi connectivity index (χ1) is 12.6. The second-order valence-electron chi connectivity index (χ2n) is 5.62. The third-order valence-corrected chi connectivity index (χ3v) is 4.69. The van der Waals surface area contributed by atoms with Crippen LogP contribution < -0.4 is 0 Å². The Balaban J connectivity index is 1.98. The molecule has 2 N–H and O–H groups in total. The van der Waals surface area contributed by atoms with Crippen LogP contribution in [0.1, 0.15) is 21.6 Å². The molecule has 0 amide bonds. The van der Waals surface area contributed by atoms with Gasteiger partial charge in [0.15, 0.2) is 0 Å². The van der Waals surface area contributed by atoms with E-state index in [0.717, 1.165) is 10.3 Å². The van der Waals surface area contributed by atoms with Crippen molar-refractivity contribution >= 4 is 28.4 Å². The fourth-order valence-electron chi connectivity index (χ4n) is 2.68. The number of carbonyl (C=O) groups is 1. The fourth-order valence-corrected chi connectivity index (χ4v) is 3.10. The Morgan fingerprint density at radius 3 is 2.96 bits per heavy atom. The van der Waals surface area contributed by atoms with Crippen molar-refractivity contribution in [2.75, 3.05) is 26.1 Å². The molecule has 0 bridgehead atoms. The van der Waals surface area contributed by atoms with Crippen molar-refractivity contribution in [1.29, 1.82) is 0 Å². The molecule has 0 atom stereocenters. The lowest BCUT2D eigenvalue weighted by atomic mass is 9.98. The van der Waals surface area contributed by atoms with Crippen molar-refractivity contribution in [3.8, 4) is 0 Å². The van der Waals surface area contributed by atoms with Crippen LogP contribution in [0.25, 0.3) is 10.9 Å². The van der Waals surface area contributed by atoms with Crippen molar-refractivity contribution in [3.05, 3.63) is 53.2 Å². The molecular formula is C18H18FN3O3S. The lowest BCUT2D eigenvalue weighted by Gasteiger charge is -2.11. The molecule has 3 rings (SSSR count). The van der Waals surface area contributed by atoms with Gasteiger partial charge in [-0.15, -0.1) is 11.8 Å². The quantitative estimate of drug-likeness (QED) is 0.357. The van der Waals surface area contributed by atoms with Crippen molar-refractivity contribution in [2.24, 2.45) is 0 Å². The smallest absolute Gasteiger partial charge is 0.207 e. The second-order valence-corrected chi connectivity index (χ2v) is 6.50. The molecule has 2 aromatic heterocycles. The van der Waals surface area contributed by atoms with Gasteiger partial charge in [-0.3, -0.25) is 14.9 Å². The number of pyridine rings is 1. The predicted octanol–water partition coefficient (Wildman–Crippen LogP) is 2.60. The van der Waals surface area contributed by atoms with Crippen LogP contribution in [0.4, 0.5) is 4.39 Å². The average Bonchev–Trinajstić information content (AvgIpc) is 3.12. The predicted molar refractivity (Wildman–Crippen MR) is 97.1 cm³/mol. The molecule has 6 nitrogen and oxygen atoms in total. The van der Waals surface area contributed by atoms with Crippen molar-refractivity contribution in [3.63, 3.8) is 0 Å². The van der Waals surface area contributed by atoms with Gasteiger partial charge in [-0.05, 0) is 29.5 Å². The van der Waals surface area contributed by atoms with Crippen LogP contribution in [-0.2, 0) is 11.2 Å². The average molecular weight is 375 g/mol. The topological polar surface area (TPSA) is 88.1 Å². The first-order valence-electron chi connectivity index (χ1n) is 7.99. The maximum absolute atomic E-state index is 14.4.